The molecule has 2 aromatic carbocycles. The molecule has 0 aromatic heterocycles. The van der Waals surface area contributed by atoms with Crippen molar-refractivity contribution in [2.45, 2.75) is 56.0 Å². The summed E-state index contributed by atoms with van der Waals surface area (Å²) in [5.74, 6) is 0.956. The highest BCUT2D eigenvalue weighted by Crippen LogP contribution is 2.51. The average Bonchev–Trinajstić information content (AvgIpc) is 3.61. The topological polar surface area (TPSA) is 62.8 Å². The van der Waals surface area contributed by atoms with Crippen LogP contribution in [0.1, 0.15) is 44.1 Å². The quantitative estimate of drug-likeness (QED) is 0.574. The minimum Gasteiger partial charge on any atom is -0.493 e. The van der Waals surface area contributed by atoms with E-state index in [9.17, 15) is 13.6 Å². The molecule has 0 spiro atoms. The molecule has 2 aromatic rings. The molecule has 1 heterocycles. The zero-order valence-corrected chi connectivity index (χ0v) is 20.3. The number of urea groups is 1. The maximum Gasteiger partial charge on any atom is 0.319 e. The molecule has 2 saturated carbocycles. The molecule has 1 saturated heterocycles. The summed E-state index contributed by atoms with van der Waals surface area (Å²) >= 11 is 0. The largest absolute Gasteiger partial charge is 0.493 e. The molecule has 0 unspecified atom stereocenters. The van der Waals surface area contributed by atoms with E-state index in [1.807, 2.05) is 6.07 Å². The number of nitrogens with zero attached hydrogens (tertiary/aromatic N) is 1. The van der Waals surface area contributed by atoms with Crippen LogP contribution in [0.4, 0.5) is 19.3 Å². The Morgan fingerprint density at radius 3 is 2.60 bits per heavy atom. The van der Waals surface area contributed by atoms with Crippen molar-refractivity contribution in [1.82, 2.24) is 10.2 Å². The Labute approximate surface area is 205 Å². The Balaban J connectivity index is 1.34. The second-order valence-electron chi connectivity index (χ2n) is 10.1. The summed E-state index contributed by atoms with van der Waals surface area (Å²) in [6.45, 7) is 2.12. The minimum atomic E-state index is -0.663. The predicted octanol–water partition coefficient (Wildman–Crippen LogP) is 5.08. The monoisotopic (exact) mass is 485 g/mol. The van der Waals surface area contributed by atoms with Crippen molar-refractivity contribution in [1.29, 1.82) is 0 Å². The molecule has 3 atom stereocenters. The van der Waals surface area contributed by atoms with E-state index in [1.165, 1.54) is 18.4 Å². The molecule has 8 heteroatoms. The van der Waals surface area contributed by atoms with Gasteiger partial charge in [0.2, 0.25) is 0 Å². The van der Waals surface area contributed by atoms with E-state index >= 15 is 0 Å². The fraction of sp³-hybridized carbons (Fsp3) is 0.519. The molecule has 6 nitrogen and oxygen atoms in total. The summed E-state index contributed by atoms with van der Waals surface area (Å²) in [7, 11) is 3.30. The van der Waals surface area contributed by atoms with Crippen molar-refractivity contribution in [3.63, 3.8) is 0 Å². The molecule has 2 N–H and O–H groups in total. The number of anilines is 1. The molecule has 3 aliphatic rings. The Hall–Kier alpha value is -2.87. The van der Waals surface area contributed by atoms with Gasteiger partial charge in [0.1, 0.15) is 11.6 Å². The Kier molecular flexibility index (Phi) is 6.57. The first-order valence-corrected chi connectivity index (χ1v) is 12.4. The predicted molar refractivity (Wildman–Crippen MR) is 130 cm³/mol. The summed E-state index contributed by atoms with van der Waals surface area (Å²) < 4.78 is 38.5. The lowest BCUT2D eigenvalue weighted by atomic mass is 9.65. The number of likely N-dealkylation sites (tertiary alicyclic amines) is 1. The molecule has 188 valence electrons. The number of benzene rings is 2. The van der Waals surface area contributed by atoms with Crippen LogP contribution in [0.3, 0.4) is 0 Å². The highest BCUT2D eigenvalue weighted by Gasteiger charge is 2.52. The normalized spacial score (nSPS) is 26.2. The van der Waals surface area contributed by atoms with Gasteiger partial charge in [0.15, 0.2) is 11.5 Å². The van der Waals surface area contributed by atoms with Gasteiger partial charge >= 0.3 is 6.03 Å². The minimum absolute atomic E-state index is 0.0161. The first-order chi connectivity index (χ1) is 16.9. The molecule has 0 radical (unpaired) electrons. The van der Waals surface area contributed by atoms with E-state index in [4.69, 9.17) is 9.47 Å². The van der Waals surface area contributed by atoms with Gasteiger partial charge < -0.3 is 20.1 Å². The third kappa shape index (κ3) is 4.81. The number of carbonyl (C=O) groups is 1. The third-order valence-corrected chi connectivity index (χ3v) is 8.03. The van der Waals surface area contributed by atoms with Crippen LogP contribution in [-0.2, 0) is 5.41 Å². The fourth-order valence-corrected chi connectivity index (χ4v) is 6.05. The van der Waals surface area contributed by atoms with Crippen molar-refractivity contribution < 1.29 is 23.0 Å². The Morgan fingerprint density at radius 1 is 1.06 bits per heavy atom. The van der Waals surface area contributed by atoms with Gasteiger partial charge in [0.25, 0.3) is 0 Å². The molecule has 2 amide bonds. The molecule has 5 rings (SSSR count). The van der Waals surface area contributed by atoms with Gasteiger partial charge in [-0.05, 0) is 80.8 Å². The first-order valence-electron chi connectivity index (χ1n) is 12.4. The van der Waals surface area contributed by atoms with Crippen molar-refractivity contribution in [3.8, 4) is 11.5 Å². The maximum absolute atomic E-state index is 14.0. The van der Waals surface area contributed by atoms with Gasteiger partial charge in [-0.3, -0.25) is 4.90 Å². The molecule has 35 heavy (non-hydrogen) atoms. The zero-order valence-electron chi connectivity index (χ0n) is 20.3. The van der Waals surface area contributed by atoms with Crippen molar-refractivity contribution >= 4 is 11.7 Å². The molecule has 0 bridgehead atoms. The van der Waals surface area contributed by atoms with Crippen molar-refractivity contribution in [3.05, 3.63) is 53.6 Å². The van der Waals surface area contributed by atoms with Crippen LogP contribution in [0.25, 0.3) is 0 Å². The lowest BCUT2D eigenvalue weighted by molar-refractivity contribution is 0.132. The van der Waals surface area contributed by atoms with E-state index < -0.39 is 17.7 Å². The van der Waals surface area contributed by atoms with Gasteiger partial charge in [-0.2, -0.15) is 0 Å². The van der Waals surface area contributed by atoms with Gasteiger partial charge in [-0.15, -0.1) is 0 Å². The van der Waals surface area contributed by atoms with Crippen LogP contribution in [0.5, 0.6) is 11.5 Å². The molecule has 3 fully saturated rings. The van der Waals surface area contributed by atoms with E-state index in [0.717, 1.165) is 68.6 Å². The van der Waals surface area contributed by atoms with Crippen molar-refractivity contribution in [2.75, 3.05) is 32.6 Å². The second-order valence-corrected chi connectivity index (χ2v) is 10.1. The number of amides is 2. The van der Waals surface area contributed by atoms with E-state index in [1.54, 1.807) is 14.2 Å². The third-order valence-electron chi connectivity index (χ3n) is 8.03. The van der Waals surface area contributed by atoms with Crippen LogP contribution >= 0.6 is 0 Å². The summed E-state index contributed by atoms with van der Waals surface area (Å²) in [6.07, 6.45) is 6.17. The first kappa shape index (κ1) is 23.9. The number of methoxy groups -OCH3 is 2. The summed E-state index contributed by atoms with van der Waals surface area (Å²) in [4.78, 5) is 15.3. The van der Waals surface area contributed by atoms with Gasteiger partial charge in [-0.1, -0.05) is 6.07 Å². The smallest absolute Gasteiger partial charge is 0.319 e. The highest BCUT2D eigenvalue weighted by atomic mass is 19.1. The standard InChI is InChI=1S/C27H33F2N3O3/c1-34-23-8-5-18(13-24(23)35-2)27-10-9-20(15-25(27)32(12-11-27)16-17-3-4-17)30-26(33)31-22-14-19(28)6-7-21(22)29/h5-8,13-14,17,20,25H,3-4,9-12,15-16H2,1-2H3,(H2,30,31,33)/t20-,25+,27+/m1/s1. The number of fused-ring (bicyclic) bond motifs is 1. The second kappa shape index (κ2) is 9.64. The molecular weight excluding hydrogens is 452 g/mol. The number of carbonyl (C=O) groups excluding carboxylic acids is 1. The molecule has 2 aliphatic carbocycles. The lowest BCUT2D eigenvalue weighted by Gasteiger charge is -2.45. The van der Waals surface area contributed by atoms with Crippen LogP contribution in [0, 0.1) is 17.6 Å². The number of nitrogens with one attached hydrogen (secondary N) is 2. The highest BCUT2D eigenvalue weighted by molar-refractivity contribution is 5.89. The van der Waals surface area contributed by atoms with Crippen LogP contribution < -0.4 is 20.1 Å². The number of hydrogen-bond donors (Lipinski definition) is 2. The summed E-state index contributed by atoms with van der Waals surface area (Å²) in [5, 5.41) is 5.49. The molecular formula is C27H33F2N3O3. The molecule has 1 aliphatic heterocycles. The van der Waals surface area contributed by atoms with Gasteiger partial charge in [0.05, 0.1) is 19.9 Å². The number of hydrogen-bond acceptors (Lipinski definition) is 4. The maximum atomic E-state index is 14.0. The average molecular weight is 486 g/mol. The zero-order chi connectivity index (χ0) is 24.6. The van der Waals surface area contributed by atoms with Crippen LogP contribution in [0.15, 0.2) is 36.4 Å². The Bertz CT molecular complexity index is 1090. The summed E-state index contributed by atoms with van der Waals surface area (Å²) in [5.41, 5.74) is 1.08. The van der Waals surface area contributed by atoms with Gasteiger partial charge in [-0.25, -0.2) is 13.6 Å². The SMILES string of the molecule is COc1ccc([C@@]23CC[C@@H](NC(=O)Nc4cc(F)ccc4F)C[C@@H]2N(CC2CC2)CC3)cc1OC. The fourth-order valence-electron chi connectivity index (χ4n) is 6.05. The number of ether oxygens (including phenoxy) is 2. The Morgan fingerprint density at radius 2 is 1.86 bits per heavy atom. The van der Waals surface area contributed by atoms with Gasteiger partial charge in [0, 0.05) is 30.1 Å². The number of halogens is 2. The van der Waals surface area contributed by atoms with Crippen LogP contribution in [0.2, 0.25) is 0 Å². The number of rotatable bonds is 7. The van der Waals surface area contributed by atoms with Crippen molar-refractivity contribution in [2.24, 2.45) is 5.92 Å². The summed E-state index contributed by atoms with van der Waals surface area (Å²) in [6, 6.07) is 9.00. The lowest BCUT2D eigenvalue weighted by Crippen LogP contribution is -2.53. The van der Waals surface area contributed by atoms with E-state index in [2.05, 4.69) is 27.7 Å². The van der Waals surface area contributed by atoms with E-state index in [0.29, 0.717) is 5.75 Å². The van der Waals surface area contributed by atoms with E-state index in [-0.39, 0.29) is 23.2 Å². The van der Waals surface area contributed by atoms with Crippen LogP contribution in [-0.4, -0.2) is 50.3 Å².